The van der Waals surface area contributed by atoms with Gasteiger partial charge in [0.1, 0.15) is 17.3 Å². The molecule has 36 heavy (non-hydrogen) atoms. The fourth-order valence-corrected chi connectivity index (χ4v) is 5.56. The summed E-state index contributed by atoms with van der Waals surface area (Å²) < 4.78 is 5.65. The molecule has 3 heterocycles. The number of carbonyl (C=O) groups is 1. The van der Waals surface area contributed by atoms with Crippen LogP contribution in [0.4, 0.5) is 0 Å². The number of aromatic amines is 1. The standard InChI is InChI=1S/C29H21N3O3S/c1-16-17(2)36-28-26(16)27(33)31-25(32-28)15-35-29(34)22-14-24(30-23-13-6-5-11-21(22)23)20-12-7-9-18-8-3-4-10-19(18)20/h3-14H,15H2,1-2H3,(H,31,32,33). The number of benzene rings is 3. The van der Waals surface area contributed by atoms with Crippen LogP contribution in [0, 0.1) is 13.8 Å². The number of ether oxygens (including phenoxy) is 1. The van der Waals surface area contributed by atoms with Gasteiger partial charge in [0.25, 0.3) is 5.56 Å². The first-order valence-corrected chi connectivity index (χ1v) is 12.3. The number of fused-ring (bicyclic) bond motifs is 3. The SMILES string of the molecule is Cc1sc2nc(COC(=O)c3cc(-c4cccc5ccccc45)nc4ccccc34)[nH]c(=O)c2c1C. The Kier molecular flexibility index (Phi) is 5.34. The Balaban J connectivity index is 1.39. The quantitative estimate of drug-likeness (QED) is 0.291. The van der Waals surface area contributed by atoms with E-state index in [-0.39, 0.29) is 12.2 Å². The van der Waals surface area contributed by atoms with Crippen molar-refractivity contribution in [1.82, 2.24) is 15.0 Å². The smallest absolute Gasteiger partial charge is 0.339 e. The fraction of sp³-hybridized carbons (Fsp3) is 0.103. The van der Waals surface area contributed by atoms with Crippen LogP contribution < -0.4 is 5.56 Å². The molecule has 0 radical (unpaired) electrons. The molecule has 0 saturated carbocycles. The zero-order valence-electron chi connectivity index (χ0n) is 19.7. The number of para-hydroxylation sites is 1. The van der Waals surface area contributed by atoms with Gasteiger partial charge in [-0.2, -0.15) is 0 Å². The molecule has 0 bridgehead atoms. The summed E-state index contributed by atoms with van der Waals surface area (Å²) in [5.41, 5.74) is 3.45. The topological polar surface area (TPSA) is 84.9 Å². The Morgan fingerprint density at radius 2 is 1.69 bits per heavy atom. The highest BCUT2D eigenvalue weighted by atomic mass is 32.1. The van der Waals surface area contributed by atoms with E-state index in [4.69, 9.17) is 9.72 Å². The van der Waals surface area contributed by atoms with Crippen LogP contribution in [0.2, 0.25) is 0 Å². The number of aryl methyl sites for hydroxylation is 2. The van der Waals surface area contributed by atoms with Crippen LogP contribution in [-0.4, -0.2) is 20.9 Å². The fourth-order valence-electron chi connectivity index (χ4n) is 4.51. The number of esters is 1. The molecule has 0 fully saturated rings. The molecule has 1 N–H and O–H groups in total. The number of H-pyrrole nitrogens is 1. The lowest BCUT2D eigenvalue weighted by Gasteiger charge is -2.11. The Morgan fingerprint density at radius 1 is 0.944 bits per heavy atom. The first kappa shape index (κ1) is 22.1. The van der Waals surface area contributed by atoms with Gasteiger partial charge in [-0.25, -0.2) is 14.8 Å². The Morgan fingerprint density at radius 3 is 2.56 bits per heavy atom. The highest BCUT2D eigenvalue weighted by Gasteiger charge is 2.18. The van der Waals surface area contributed by atoms with Crippen molar-refractivity contribution in [2.45, 2.75) is 20.5 Å². The van der Waals surface area contributed by atoms with Gasteiger partial charge in [-0.15, -0.1) is 11.3 Å². The molecule has 176 valence electrons. The molecule has 6 rings (SSSR count). The van der Waals surface area contributed by atoms with Gasteiger partial charge in [-0.1, -0.05) is 60.7 Å². The van der Waals surface area contributed by atoms with E-state index in [0.29, 0.717) is 38.2 Å². The Bertz CT molecular complexity index is 1860. The molecule has 0 saturated heterocycles. The second-order valence-corrected chi connectivity index (χ2v) is 9.85. The van der Waals surface area contributed by atoms with Crippen LogP contribution in [0.1, 0.15) is 26.6 Å². The second-order valence-electron chi connectivity index (χ2n) is 8.65. The average Bonchev–Trinajstić information content (AvgIpc) is 3.19. The molecule has 3 aromatic heterocycles. The number of nitrogens with one attached hydrogen (secondary N) is 1. The number of nitrogens with zero attached hydrogens (tertiary/aromatic N) is 2. The second kappa shape index (κ2) is 8.70. The molecule has 3 aromatic carbocycles. The van der Waals surface area contributed by atoms with E-state index in [0.717, 1.165) is 26.8 Å². The number of aromatic nitrogens is 3. The molecule has 7 heteroatoms. The van der Waals surface area contributed by atoms with Gasteiger partial charge in [-0.05, 0) is 42.3 Å². The van der Waals surface area contributed by atoms with Crippen LogP contribution in [0.15, 0.2) is 77.6 Å². The van der Waals surface area contributed by atoms with E-state index < -0.39 is 5.97 Å². The highest BCUT2D eigenvalue weighted by molar-refractivity contribution is 7.18. The van der Waals surface area contributed by atoms with E-state index in [9.17, 15) is 9.59 Å². The monoisotopic (exact) mass is 491 g/mol. The van der Waals surface area contributed by atoms with Crippen molar-refractivity contribution in [3.8, 4) is 11.3 Å². The van der Waals surface area contributed by atoms with E-state index in [1.54, 1.807) is 6.07 Å². The lowest BCUT2D eigenvalue weighted by molar-refractivity contribution is 0.0464. The van der Waals surface area contributed by atoms with Gasteiger partial charge >= 0.3 is 5.97 Å². The zero-order chi connectivity index (χ0) is 24.8. The van der Waals surface area contributed by atoms with Crippen LogP contribution in [0.25, 0.3) is 43.1 Å². The van der Waals surface area contributed by atoms with Crippen LogP contribution in [0.3, 0.4) is 0 Å². The summed E-state index contributed by atoms with van der Waals surface area (Å²) in [4.78, 5) is 39.7. The van der Waals surface area contributed by atoms with Crippen molar-refractivity contribution in [2.24, 2.45) is 0 Å². The summed E-state index contributed by atoms with van der Waals surface area (Å²) in [6.45, 7) is 3.73. The van der Waals surface area contributed by atoms with Gasteiger partial charge in [0.15, 0.2) is 0 Å². The van der Waals surface area contributed by atoms with Crippen molar-refractivity contribution in [1.29, 1.82) is 0 Å². The Hall–Kier alpha value is -4.36. The number of hydrogen-bond donors (Lipinski definition) is 1. The molecular formula is C29H21N3O3S. The molecule has 0 aliphatic heterocycles. The minimum atomic E-state index is -0.503. The van der Waals surface area contributed by atoms with Crippen LogP contribution >= 0.6 is 11.3 Å². The largest absolute Gasteiger partial charge is 0.454 e. The molecule has 0 aliphatic rings. The summed E-state index contributed by atoms with van der Waals surface area (Å²) in [6.07, 6.45) is 0. The molecule has 6 aromatic rings. The normalized spacial score (nSPS) is 11.4. The predicted octanol–water partition coefficient (Wildman–Crippen LogP) is 6.33. The van der Waals surface area contributed by atoms with Gasteiger partial charge < -0.3 is 9.72 Å². The average molecular weight is 492 g/mol. The summed E-state index contributed by atoms with van der Waals surface area (Å²) in [5, 5.41) is 3.44. The minimum absolute atomic E-state index is 0.139. The van der Waals surface area contributed by atoms with Crippen LogP contribution in [0.5, 0.6) is 0 Å². The van der Waals surface area contributed by atoms with Crippen molar-refractivity contribution in [3.05, 3.63) is 105 Å². The van der Waals surface area contributed by atoms with Crippen LogP contribution in [-0.2, 0) is 11.3 Å². The third-order valence-electron chi connectivity index (χ3n) is 6.43. The number of rotatable bonds is 4. The summed E-state index contributed by atoms with van der Waals surface area (Å²) >= 11 is 1.46. The molecule has 0 aliphatic carbocycles. The van der Waals surface area contributed by atoms with Gasteiger partial charge in [0, 0.05) is 15.8 Å². The maximum absolute atomic E-state index is 13.3. The zero-order valence-corrected chi connectivity index (χ0v) is 20.5. The van der Waals surface area contributed by atoms with Crippen molar-refractivity contribution < 1.29 is 9.53 Å². The van der Waals surface area contributed by atoms with Crippen molar-refractivity contribution in [3.63, 3.8) is 0 Å². The molecular weight excluding hydrogens is 470 g/mol. The van der Waals surface area contributed by atoms with Gasteiger partial charge in [0.05, 0.1) is 22.2 Å². The third-order valence-corrected chi connectivity index (χ3v) is 7.53. The Labute approximate surface area is 210 Å². The highest BCUT2D eigenvalue weighted by Crippen LogP contribution is 2.31. The summed E-state index contributed by atoms with van der Waals surface area (Å²) in [7, 11) is 0. The van der Waals surface area contributed by atoms with Crippen molar-refractivity contribution in [2.75, 3.05) is 0 Å². The first-order chi connectivity index (χ1) is 17.5. The summed E-state index contributed by atoms with van der Waals surface area (Å²) in [6, 6.07) is 23.4. The number of hydrogen-bond acceptors (Lipinski definition) is 6. The number of thiophene rings is 1. The van der Waals surface area contributed by atoms with E-state index >= 15 is 0 Å². The third kappa shape index (κ3) is 3.74. The molecule has 0 atom stereocenters. The maximum Gasteiger partial charge on any atom is 0.339 e. The molecule has 0 amide bonds. The maximum atomic E-state index is 13.3. The van der Waals surface area contributed by atoms with Crippen molar-refractivity contribution >= 4 is 49.2 Å². The molecule has 0 unspecified atom stereocenters. The number of pyridine rings is 1. The minimum Gasteiger partial charge on any atom is -0.454 e. The van der Waals surface area contributed by atoms with E-state index in [2.05, 4.69) is 22.1 Å². The first-order valence-electron chi connectivity index (χ1n) is 11.5. The van der Waals surface area contributed by atoms with E-state index in [1.165, 1.54) is 11.3 Å². The lowest BCUT2D eigenvalue weighted by atomic mass is 9.99. The molecule has 0 spiro atoms. The van der Waals surface area contributed by atoms with Gasteiger partial charge in [0.2, 0.25) is 0 Å². The van der Waals surface area contributed by atoms with E-state index in [1.807, 2.05) is 68.4 Å². The lowest BCUT2D eigenvalue weighted by Crippen LogP contribution is -2.14. The number of carbonyl (C=O) groups excluding carboxylic acids is 1. The summed E-state index contributed by atoms with van der Waals surface area (Å²) in [5.74, 6) is -0.189. The molecule has 6 nitrogen and oxygen atoms in total. The van der Waals surface area contributed by atoms with Gasteiger partial charge in [-0.3, -0.25) is 4.79 Å². The predicted molar refractivity (Wildman–Crippen MR) is 144 cm³/mol.